The van der Waals surface area contributed by atoms with Gasteiger partial charge in [0.05, 0.1) is 26.5 Å². The molecule has 2 aromatic heterocycles. The summed E-state index contributed by atoms with van der Waals surface area (Å²) in [6.07, 6.45) is 1.72. The van der Waals surface area contributed by atoms with Crippen molar-refractivity contribution >= 4 is 38.3 Å². The highest BCUT2D eigenvalue weighted by Crippen LogP contribution is 2.40. The van der Waals surface area contributed by atoms with Crippen LogP contribution in [0.4, 0.5) is 10.8 Å². The molecule has 0 atom stereocenters. The third-order valence-electron chi connectivity index (χ3n) is 5.05. The van der Waals surface area contributed by atoms with E-state index in [1.165, 1.54) is 11.3 Å². The van der Waals surface area contributed by atoms with Gasteiger partial charge in [0.1, 0.15) is 21.7 Å². The highest BCUT2D eigenvalue weighted by atomic mass is 32.1. The van der Waals surface area contributed by atoms with Crippen LogP contribution in [0.2, 0.25) is 0 Å². The summed E-state index contributed by atoms with van der Waals surface area (Å²) in [5.41, 5.74) is 3.02. The molecule has 0 saturated carbocycles. The fourth-order valence-corrected chi connectivity index (χ4v) is 4.40. The van der Waals surface area contributed by atoms with Gasteiger partial charge in [0.25, 0.3) is 5.91 Å². The number of fused-ring (bicyclic) bond motifs is 1. The lowest BCUT2D eigenvalue weighted by atomic mass is 10.1. The summed E-state index contributed by atoms with van der Waals surface area (Å²) in [7, 11) is 7.14. The molecule has 0 spiro atoms. The van der Waals surface area contributed by atoms with Gasteiger partial charge in [0.15, 0.2) is 5.13 Å². The first-order chi connectivity index (χ1) is 15.5. The summed E-state index contributed by atoms with van der Waals surface area (Å²) in [5, 5.41) is 0.551. The summed E-state index contributed by atoms with van der Waals surface area (Å²) in [5.74, 6) is 1.16. The van der Waals surface area contributed by atoms with Gasteiger partial charge in [-0.3, -0.25) is 14.7 Å². The standard InChI is InChI=1S/C24H24N4O3S/c1-27(2)18-10-8-16(9-11-18)23(29)28(15-17-7-5-6-14-25-17)24-26-21-19(30-3)12-13-20(31-4)22(21)32-24/h5-14H,15H2,1-4H3. The number of thiazole rings is 1. The second-order valence-corrected chi connectivity index (χ2v) is 8.28. The maximum Gasteiger partial charge on any atom is 0.260 e. The van der Waals surface area contributed by atoms with Crippen molar-refractivity contribution in [2.75, 3.05) is 38.1 Å². The average Bonchev–Trinajstić information content (AvgIpc) is 3.27. The highest BCUT2D eigenvalue weighted by Gasteiger charge is 2.24. The van der Waals surface area contributed by atoms with E-state index in [4.69, 9.17) is 14.5 Å². The fourth-order valence-electron chi connectivity index (χ4n) is 3.33. The Balaban J connectivity index is 1.80. The molecule has 0 aliphatic heterocycles. The van der Waals surface area contributed by atoms with Crippen LogP contribution in [0, 0.1) is 0 Å². The van der Waals surface area contributed by atoms with Crippen molar-refractivity contribution in [3.8, 4) is 11.5 Å². The molecule has 7 nitrogen and oxygen atoms in total. The van der Waals surface area contributed by atoms with Crippen LogP contribution in [-0.2, 0) is 6.54 Å². The van der Waals surface area contributed by atoms with Crippen molar-refractivity contribution in [2.24, 2.45) is 0 Å². The number of methoxy groups -OCH3 is 2. The molecule has 0 aliphatic carbocycles. The molecule has 0 unspecified atom stereocenters. The van der Waals surface area contributed by atoms with Crippen LogP contribution in [0.25, 0.3) is 10.2 Å². The predicted octanol–water partition coefficient (Wildman–Crippen LogP) is 4.62. The second-order valence-electron chi connectivity index (χ2n) is 7.30. The molecule has 0 bridgehead atoms. The topological polar surface area (TPSA) is 67.8 Å². The zero-order valence-corrected chi connectivity index (χ0v) is 19.2. The molecule has 2 heterocycles. The number of ether oxygens (including phenoxy) is 2. The number of amides is 1. The van der Waals surface area contributed by atoms with E-state index in [-0.39, 0.29) is 5.91 Å². The van der Waals surface area contributed by atoms with Crippen LogP contribution in [0.1, 0.15) is 16.1 Å². The number of carbonyl (C=O) groups is 1. The monoisotopic (exact) mass is 448 g/mol. The number of rotatable bonds is 7. The van der Waals surface area contributed by atoms with Crippen molar-refractivity contribution < 1.29 is 14.3 Å². The molecular formula is C24H24N4O3S. The Morgan fingerprint density at radius 2 is 1.69 bits per heavy atom. The minimum absolute atomic E-state index is 0.155. The Morgan fingerprint density at radius 3 is 2.31 bits per heavy atom. The van der Waals surface area contributed by atoms with Crippen LogP contribution in [0.15, 0.2) is 60.8 Å². The fraction of sp³-hybridized carbons (Fsp3) is 0.208. The zero-order valence-electron chi connectivity index (χ0n) is 18.4. The number of benzene rings is 2. The van der Waals surface area contributed by atoms with Crippen LogP contribution in [-0.4, -0.2) is 44.2 Å². The van der Waals surface area contributed by atoms with Gasteiger partial charge in [-0.25, -0.2) is 4.98 Å². The molecule has 0 N–H and O–H groups in total. The van der Waals surface area contributed by atoms with E-state index in [2.05, 4.69) is 4.98 Å². The minimum Gasteiger partial charge on any atom is -0.495 e. The SMILES string of the molecule is COc1ccc(OC)c2sc(N(Cc3ccccn3)C(=O)c3ccc(N(C)C)cc3)nc12. The van der Waals surface area contributed by atoms with Crippen molar-refractivity contribution in [1.29, 1.82) is 0 Å². The molecule has 4 aromatic rings. The third kappa shape index (κ3) is 4.22. The average molecular weight is 449 g/mol. The molecule has 8 heteroatoms. The summed E-state index contributed by atoms with van der Waals surface area (Å²) in [6.45, 7) is 0.291. The largest absolute Gasteiger partial charge is 0.495 e. The van der Waals surface area contributed by atoms with Crippen LogP contribution >= 0.6 is 11.3 Å². The molecule has 0 aliphatic rings. The quantitative estimate of drug-likeness (QED) is 0.411. The Morgan fingerprint density at radius 1 is 0.969 bits per heavy atom. The van der Waals surface area contributed by atoms with Gasteiger partial charge in [-0.05, 0) is 48.5 Å². The summed E-state index contributed by atoms with van der Waals surface area (Å²) < 4.78 is 11.8. The molecule has 1 amide bonds. The molecule has 32 heavy (non-hydrogen) atoms. The number of hydrogen-bond acceptors (Lipinski definition) is 7. The number of aromatic nitrogens is 2. The van der Waals surface area contributed by atoms with E-state index < -0.39 is 0 Å². The van der Waals surface area contributed by atoms with E-state index in [1.807, 2.05) is 73.6 Å². The first-order valence-corrected chi connectivity index (χ1v) is 10.8. The smallest absolute Gasteiger partial charge is 0.260 e. The summed E-state index contributed by atoms with van der Waals surface area (Å²) in [4.78, 5) is 26.4. The molecule has 164 valence electrons. The van der Waals surface area contributed by atoms with Gasteiger partial charge in [-0.1, -0.05) is 17.4 Å². The lowest BCUT2D eigenvalue weighted by molar-refractivity contribution is 0.0985. The van der Waals surface area contributed by atoms with E-state index in [0.717, 1.165) is 16.1 Å². The van der Waals surface area contributed by atoms with Crippen molar-refractivity contribution in [2.45, 2.75) is 6.54 Å². The van der Waals surface area contributed by atoms with Crippen molar-refractivity contribution in [1.82, 2.24) is 9.97 Å². The van der Waals surface area contributed by atoms with E-state index in [9.17, 15) is 4.79 Å². The van der Waals surface area contributed by atoms with Crippen LogP contribution < -0.4 is 19.3 Å². The van der Waals surface area contributed by atoms with E-state index in [1.54, 1.807) is 25.3 Å². The van der Waals surface area contributed by atoms with Gasteiger partial charge in [-0.2, -0.15) is 0 Å². The summed E-state index contributed by atoms with van der Waals surface area (Å²) >= 11 is 1.39. The van der Waals surface area contributed by atoms with Crippen LogP contribution in [0.3, 0.4) is 0 Å². The van der Waals surface area contributed by atoms with E-state index in [0.29, 0.717) is 34.3 Å². The lowest BCUT2D eigenvalue weighted by Gasteiger charge is -2.20. The normalized spacial score (nSPS) is 10.8. The van der Waals surface area contributed by atoms with Gasteiger partial charge in [0, 0.05) is 31.5 Å². The molecule has 0 fully saturated rings. The Hall–Kier alpha value is -3.65. The van der Waals surface area contributed by atoms with Gasteiger partial charge >= 0.3 is 0 Å². The first kappa shape index (κ1) is 21.6. The number of anilines is 2. The molecular weight excluding hydrogens is 424 g/mol. The van der Waals surface area contributed by atoms with Gasteiger partial charge < -0.3 is 14.4 Å². The maximum atomic E-state index is 13.6. The molecule has 0 radical (unpaired) electrons. The highest BCUT2D eigenvalue weighted by molar-refractivity contribution is 7.22. The Bertz CT molecular complexity index is 1180. The maximum absolute atomic E-state index is 13.6. The molecule has 4 rings (SSSR count). The third-order valence-corrected chi connectivity index (χ3v) is 6.14. The van der Waals surface area contributed by atoms with E-state index >= 15 is 0 Å². The minimum atomic E-state index is -0.155. The second kappa shape index (κ2) is 9.23. The predicted molar refractivity (Wildman–Crippen MR) is 128 cm³/mol. The Kier molecular flexibility index (Phi) is 6.23. The Labute approximate surface area is 190 Å². The summed E-state index contributed by atoms with van der Waals surface area (Å²) in [6, 6.07) is 16.8. The number of nitrogens with zero attached hydrogens (tertiary/aromatic N) is 4. The van der Waals surface area contributed by atoms with Crippen molar-refractivity contribution in [3.05, 3.63) is 72.1 Å². The number of carbonyl (C=O) groups excluding carboxylic acids is 1. The van der Waals surface area contributed by atoms with Gasteiger partial charge in [-0.15, -0.1) is 0 Å². The lowest BCUT2D eigenvalue weighted by Crippen LogP contribution is -2.30. The van der Waals surface area contributed by atoms with Gasteiger partial charge in [0.2, 0.25) is 0 Å². The molecule has 0 saturated heterocycles. The first-order valence-electron chi connectivity index (χ1n) is 10.0. The van der Waals surface area contributed by atoms with Crippen molar-refractivity contribution in [3.63, 3.8) is 0 Å². The molecule has 2 aromatic carbocycles. The number of pyridine rings is 1. The van der Waals surface area contributed by atoms with Crippen LogP contribution in [0.5, 0.6) is 11.5 Å². The number of hydrogen-bond donors (Lipinski definition) is 0. The zero-order chi connectivity index (χ0) is 22.7.